The van der Waals surface area contributed by atoms with Crippen molar-refractivity contribution < 1.29 is 18.3 Å². The Morgan fingerprint density at radius 3 is 2.27 bits per heavy atom. The number of halogens is 4. The molecule has 1 aromatic rings. The third-order valence-electron chi connectivity index (χ3n) is 1.53. The van der Waals surface area contributed by atoms with Gasteiger partial charge in [-0.05, 0) is 24.3 Å². The molecule has 0 saturated carbocycles. The molecular formula is C9H6Cl2F2O2. The number of hydrogen-bond acceptors (Lipinski definition) is 2. The summed E-state index contributed by atoms with van der Waals surface area (Å²) in [6.07, 6.45) is 0. The third-order valence-corrected chi connectivity index (χ3v) is 1.85. The summed E-state index contributed by atoms with van der Waals surface area (Å²) < 4.78 is 28.4. The standard InChI is InChI=1S/C9H6Cl2F2O2/c10-5-8(14)6-1-3-7(4-2-6)15-9(11,12)13/h1-4H,5H2. The number of Topliss-reactive ketones (excluding diaryl/α,β-unsaturated/α-hetero) is 1. The molecule has 0 amide bonds. The van der Waals surface area contributed by atoms with Crippen LogP contribution in [0, 0.1) is 0 Å². The fraction of sp³-hybridized carbons (Fsp3) is 0.222. The lowest BCUT2D eigenvalue weighted by Gasteiger charge is -2.10. The smallest absolute Gasteiger partial charge is 0.420 e. The van der Waals surface area contributed by atoms with E-state index in [1.165, 1.54) is 24.3 Å². The Hall–Kier alpha value is -0.870. The van der Waals surface area contributed by atoms with Crippen LogP contribution < -0.4 is 4.74 Å². The number of carbonyl (C=O) groups excluding carboxylic acids is 1. The maximum Gasteiger partial charge on any atom is 0.487 e. The fourth-order valence-electron chi connectivity index (χ4n) is 0.920. The van der Waals surface area contributed by atoms with E-state index in [9.17, 15) is 13.6 Å². The number of rotatable bonds is 4. The predicted molar refractivity (Wildman–Crippen MR) is 52.9 cm³/mol. The zero-order valence-corrected chi connectivity index (χ0v) is 8.86. The highest BCUT2D eigenvalue weighted by atomic mass is 35.5. The lowest BCUT2D eigenvalue weighted by atomic mass is 10.1. The molecular weight excluding hydrogens is 249 g/mol. The van der Waals surface area contributed by atoms with Gasteiger partial charge in [0.2, 0.25) is 0 Å². The number of alkyl halides is 4. The molecule has 6 heteroatoms. The summed E-state index contributed by atoms with van der Waals surface area (Å²) in [5, 5.41) is 0. The second kappa shape index (κ2) is 4.77. The lowest BCUT2D eigenvalue weighted by Crippen LogP contribution is -2.15. The largest absolute Gasteiger partial charge is 0.487 e. The van der Waals surface area contributed by atoms with Crippen LogP contribution >= 0.6 is 23.2 Å². The maximum absolute atomic E-state index is 12.2. The SMILES string of the molecule is O=C(CCl)c1ccc(OC(F)(F)Cl)cc1. The molecule has 0 aliphatic heterocycles. The predicted octanol–water partition coefficient (Wildman–Crippen LogP) is 3.28. The van der Waals surface area contributed by atoms with Crippen molar-refractivity contribution in [1.82, 2.24) is 0 Å². The molecule has 0 fully saturated rings. The quantitative estimate of drug-likeness (QED) is 0.609. The maximum atomic E-state index is 12.2. The van der Waals surface area contributed by atoms with E-state index < -0.39 is 5.57 Å². The molecule has 0 N–H and O–H groups in total. The van der Waals surface area contributed by atoms with Crippen LogP contribution in [0.5, 0.6) is 5.75 Å². The number of carbonyl (C=O) groups is 1. The van der Waals surface area contributed by atoms with Gasteiger partial charge in [0.1, 0.15) is 5.75 Å². The molecule has 0 radical (unpaired) electrons. The Kier molecular flexibility index (Phi) is 3.88. The first-order chi connectivity index (χ1) is 6.92. The molecule has 0 aliphatic rings. The van der Waals surface area contributed by atoms with Crippen molar-refractivity contribution in [3.8, 4) is 5.75 Å². The van der Waals surface area contributed by atoms with Crippen molar-refractivity contribution in [1.29, 1.82) is 0 Å². The molecule has 0 aromatic heterocycles. The second-order valence-corrected chi connectivity index (χ2v) is 3.34. The molecule has 0 bridgehead atoms. The van der Waals surface area contributed by atoms with Gasteiger partial charge in [-0.2, -0.15) is 0 Å². The molecule has 82 valence electrons. The van der Waals surface area contributed by atoms with Crippen LogP contribution in [0.3, 0.4) is 0 Å². The van der Waals surface area contributed by atoms with E-state index in [2.05, 4.69) is 16.3 Å². The highest BCUT2D eigenvalue weighted by Crippen LogP contribution is 2.25. The van der Waals surface area contributed by atoms with Gasteiger partial charge < -0.3 is 4.74 Å². The van der Waals surface area contributed by atoms with E-state index in [0.717, 1.165) is 0 Å². The van der Waals surface area contributed by atoms with Crippen molar-refractivity contribution in [2.24, 2.45) is 0 Å². The molecule has 0 aliphatic carbocycles. The second-order valence-electron chi connectivity index (χ2n) is 2.63. The monoisotopic (exact) mass is 254 g/mol. The highest BCUT2D eigenvalue weighted by Gasteiger charge is 2.27. The van der Waals surface area contributed by atoms with Crippen LogP contribution in [-0.4, -0.2) is 17.2 Å². The summed E-state index contributed by atoms with van der Waals surface area (Å²) in [5.74, 6) is -0.576. The van der Waals surface area contributed by atoms with Gasteiger partial charge in [-0.15, -0.1) is 20.4 Å². The van der Waals surface area contributed by atoms with E-state index >= 15 is 0 Å². The number of ether oxygens (including phenoxy) is 1. The molecule has 0 atom stereocenters. The van der Waals surface area contributed by atoms with Gasteiger partial charge in [0.15, 0.2) is 5.78 Å². The van der Waals surface area contributed by atoms with Crippen LogP contribution in [-0.2, 0) is 0 Å². The fourth-order valence-corrected chi connectivity index (χ4v) is 1.16. The first kappa shape index (κ1) is 12.2. The van der Waals surface area contributed by atoms with Gasteiger partial charge in [0, 0.05) is 17.2 Å². The van der Waals surface area contributed by atoms with Gasteiger partial charge in [-0.1, -0.05) is 0 Å². The molecule has 0 saturated heterocycles. The van der Waals surface area contributed by atoms with E-state index in [4.69, 9.17) is 11.6 Å². The average molecular weight is 255 g/mol. The number of ketones is 1. The molecule has 15 heavy (non-hydrogen) atoms. The summed E-state index contributed by atoms with van der Waals surface area (Å²) in [4.78, 5) is 11.1. The van der Waals surface area contributed by atoms with Crippen LogP contribution in [0.4, 0.5) is 8.78 Å². The average Bonchev–Trinajstić information content (AvgIpc) is 2.15. The minimum Gasteiger partial charge on any atom is -0.420 e. The summed E-state index contributed by atoms with van der Waals surface area (Å²) in [5.41, 5.74) is -3.42. The number of hydrogen-bond donors (Lipinski definition) is 0. The summed E-state index contributed by atoms with van der Waals surface area (Å²) in [6, 6.07) is 5.11. The van der Waals surface area contributed by atoms with Crippen molar-refractivity contribution in [2.45, 2.75) is 5.57 Å². The van der Waals surface area contributed by atoms with E-state index in [-0.39, 0.29) is 17.4 Å². The minimum absolute atomic E-state index is 0.124. The van der Waals surface area contributed by atoms with Crippen LogP contribution in [0.1, 0.15) is 10.4 Å². The van der Waals surface area contributed by atoms with Crippen molar-refractivity contribution >= 4 is 29.0 Å². The van der Waals surface area contributed by atoms with Gasteiger partial charge in [-0.3, -0.25) is 4.79 Å². The Balaban J connectivity index is 2.77. The van der Waals surface area contributed by atoms with Crippen LogP contribution in [0.25, 0.3) is 0 Å². The third kappa shape index (κ3) is 4.01. The van der Waals surface area contributed by atoms with Crippen molar-refractivity contribution in [2.75, 3.05) is 5.88 Å². The topological polar surface area (TPSA) is 26.3 Å². The zero-order valence-electron chi connectivity index (χ0n) is 7.34. The molecule has 1 rings (SSSR count). The summed E-state index contributed by atoms with van der Waals surface area (Å²) >= 11 is 9.86. The van der Waals surface area contributed by atoms with E-state index in [0.29, 0.717) is 5.56 Å². The minimum atomic E-state index is -3.75. The molecule has 0 unspecified atom stereocenters. The zero-order chi connectivity index (χ0) is 11.5. The number of benzene rings is 1. The van der Waals surface area contributed by atoms with E-state index in [1.54, 1.807) is 0 Å². The molecule has 0 heterocycles. The first-order valence-electron chi connectivity index (χ1n) is 3.87. The van der Waals surface area contributed by atoms with Crippen LogP contribution in [0.15, 0.2) is 24.3 Å². The Morgan fingerprint density at radius 2 is 1.87 bits per heavy atom. The highest BCUT2D eigenvalue weighted by molar-refractivity contribution is 6.30. The molecule has 0 spiro atoms. The van der Waals surface area contributed by atoms with Crippen molar-refractivity contribution in [3.05, 3.63) is 29.8 Å². The van der Waals surface area contributed by atoms with Crippen molar-refractivity contribution in [3.63, 3.8) is 0 Å². The normalized spacial score (nSPS) is 11.2. The van der Waals surface area contributed by atoms with Gasteiger partial charge >= 0.3 is 5.57 Å². The van der Waals surface area contributed by atoms with Gasteiger partial charge in [0.25, 0.3) is 0 Å². The summed E-state index contributed by atoms with van der Waals surface area (Å²) in [6.45, 7) is 0. The molecule has 2 nitrogen and oxygen atoms in total. The molecule has 1 aromatic carbocycles. The Bertz CT molecular complexity index is 346. The van der Waals surface area contributed by atoms with Gasteiger partial charge in [0.05, 0.1) is 5.88 Å². The Morgan fingerprint density at radius 1 is 1.33 bits per heavy atom. The van der Waals surface area contributed by atoms with Crippen LogP contribution in [0.2, 0.25) is 0 Å². The first-order valence-corrected chi connectivity index (χ1v) is 4.78. The Labute approximate surface area is 94.7 Å². The lowest BCUT2D eigenvalue weighted by molar-refractivity contribution is -0.0964. The summed E-state index contributed by atoms with van der Waals surface area (Å²) in [7, 11) is 0. The van der Waals surface area contributed by atoms with Gasteiger partial charge in [-0.25, -0.2) is 0 Å². The van der Waals surface area contributed by atoms with E-state index in [1.807, 2.05) is 0 Å².